The predicted molar refractivity (Wildman–Crippen MR) is 81.7 cm³/mol. The Bertz CT molecular complexity index is 504. The van der Waals surface area contributed by atoms with Crippen molar-refractivity contribution in [1.82, 2.24) is 5.32 Å². The molecule has 1 N–H and O–H groups in total. The fourth-order valence-corrected chi connectivity index (χ4v) is 1.79. The molecule has 0 fully saturated rings. The van der Waals surface area contributed by atoms with Gasteiger partial charge in [-0.25, -0.2) is 4.79 Å². The number of hydrogen-bond acceptors (Lipinski definition) is 5. The van der Waals surface area contributed by atoms with Crippen LogP contribution in [0.25, 0.3) is 0 Å². The maximum absolute atomic E-state index is 11.9. The van der Waals surface area contributed by atoms with E-state index in [1.807, 2.05) is 0 Å². The third kappa shape index (κ3) is 6.03. The van der Waals surface area contributed by atoms with Crippen molar-refractivity contribution in [3.63, 3.8) is 0 Å². The number of rotatable bonds is 5. The second kappa shape index (κ2) is 7.68. The van der Waals surface area contributed by atoms with Crippen LogP contribution in [0, 0.1) is 0 Å². The number of hydrogen-bond donors (Lipinski definition) is 1. The van der Waals surface area contributed by atoms with Crippen LogP contribution in [0.2, 0.25) is 0 Å². The van der Waals surface area contributed by atoms with E-state index >= 15 is 0 Å². The Labute approximate surface area is 130 Å². The molecule has 0 aliphatic carbocycles. The molecule has 0 spiro atoms. The normalized spacial score (nSPS) is 12.2. The third-order valence-electron chi connectivity index (χ3n) is 2.81. The van der Waals surface area contributed by atoms with E-state index in [2.05, 4.69) is 10.1 Å². The summed E-state index contributed by atoms with van der Waals surface area (Å²) in [5.74, 6) is 0.273. The van der Waals surface area contributed by atoms with Gasteiger partial charge in [-0.3, -0.25) is 4.79 Å². The van der Waals surface area contributed by atoms with Gasteiger partial charge in [0.1, 0.15) is 11.4 Å². The van der Waals surface area contributed by atoms with Crippen molar-refractivity contribution in [3.8, 4) is 5.75 Å². The first-order chi connectivity index (χ1) is 10.2. The van der Waals surface area contributed by atoms with Crippen molar-refractivity contribution >= 4 is 12.1 Å². The molecule has 0 saturated heterocycles. The monoisotopic (exact) mass is 309 g/mol. The zero-order valence-corrected chi connectivity index (χ0v) is 13.6. The Morgan fingerprint density at radius 2 is 1.73 bits per heavy atom. The molecule has 1 rings (SSSR count). The lowest BCUT2D eigenvalue weighted by Gasteiger charge is -2.23. The van der Waals surface area contributed by atoms with E-state index in [1.165, 1.54) is 7.11 Å². The topological polar surface area (TPSA) is 73.9 Å². The van der Waals surface area contributed by atoms with E-state index in [-0.39, 0.29) is 6.42 Å². The average Bonchev–Trinajstić information content (AvgIpc) is 2.44. The van der Waals surface area contributed by atoms with Crippen LogP contribution in [-0.2, 0) is 14.3 Å². The minimum Gasteiger partial charge on any atom is -0.497 e. The molecule has 0 bridgehead atoms. The first-order valence-corrected chi connectivity index (χ1v) is 6.95. The lowest BCUT2D eigenvalue weighted by molar-refractivity contribution is -0.141. The molecule has 0 aromatic heterocycles. The fraction of sp³-hybridized carbons (Fsp3) is 0.500. The lowest BCUT2D eigenvalue weighted by atomic mass is 10.0. The van der Waals surface area contributed by atoms with E-state index in [0.717, 1.165) is 5.56 Å². The highest BCUT2D eigenvalue weighted by Gasteiger charge is 2.23. The summed E-state index contributed by atoms with van der Waals surface area (Å²) >= 11 is 0. The molecule has 0 radical (unpaired) electrons. The van der Waals surface area contributed by atoms with Gasteiger partial charge in [0.25, 0.3) is 0 Å². The van der Waals surface area contributed by atoms with Gasteiger partial charge in [0.05, 0.1) is 26.7 Å². The molecule has 0 heterocycles. The Hall–Kier alpha value is -2.24. The van der Waals surface area contributed by atoms with Crippen molar-refractivity contribution in [2.75, 3.05) is 14.2 Å². The Morgan fingerprint density at radius 3 is 2.18 bits per heavy atom. The minimum atomic E-state index is -0.611. The zero-order valence-electron chi connectivity index (χ0n) is 13.6. The molecule has 1 amide bonds. The number of methoxy groups -OCH3 is 2. The van der Waals surface area contributed by atoms with E-state index < -0.39 is 23.7 Å². The SMILES string of the molecule is COC(=O)C[C@H](NC(=O)OC(C)(C)C)c1ccc(OC)cc1. The molecule has 122 valence electrons. The number of carbonyl (C=O) groups excluding carboxylic acids is 2. The summed E-state index contributed by atoms with van der Waals surface area (Å²) in [4.78, 5) is 23.5. The fourth-order valence-electron chi connectivity index (χ4n) is 1.79. The highest BCUT2D eigenvalue weighted by molar-refractivity contribution is 5.73. The summed E-state index contributed by atoms with van der Waals surface area (Å²) in [6.45, 7) is 5.32. The highest BCUT2D eigenvalue weighted by Crippen LogP contribution is 2.21. The van der Waals surface area contributed by atoms with Crippen LogP contribution in [-0.4, -0.2) is 31.9 Å². The standard InChI is InChI=1S/C16H23NO5/c1-16(2,3)22-15(19)17-13(10-14(18)21-5)11-6-8-12(20-4)9-7-11/h6-9,13H,10H2,1-5H3,(H,17,19)/t13-/m0/s1. The molecule has 1 aromatic rings. The molecular weight excluding hydrogens is 286 g/mol. The molecule has 1 atom stereocenters. The van der Waals surface area contributed by atoms with Gasteiger partial charge in [0.15, 0.2) is 0 Å². The van der Waals surface area contributed by atoms with E-state index in [0.29, 0.717) is 5.75 Å². The molecule has 1 aromatic carbocycles. The van der Waals surface area contributed by atoms with Gasteiger partial charge in [-0.05, 0) is 38.5 Å². The van der Waals surface area contributed by atoms with Crippen molar-refractivity contribution in [3.05, 3.63) is 29.8 Å². The van der Waals surface area contributed by atoms with E-state index in [4.69, 9.17) is 9.47 Å². The van der Waals surface area contributed by atoms with Gasteiger partial charge < -0.3 is 19.5 Å². The van der Waals surface area contributed by atoms with E-state index in [1.54, 1.807) is 52.1 Å². The van der Waals surface area contributed by atoms with Gasteiger partial charge in [-0.2, -0.15) is 0 Å². The number of esters is 1. The molecule has 0 aliphatic rings. The minimum absolute atomic E-state index is 0.0159. The van der Waals surface area contributed by atoms with Gasteiger partial charge in [-0.15, -0.1) is 0 Å². The zero-order chi connectivity index (χ0) is 16.8. The summed E-state index contributed by atoms with van der Waals surface area (Å²) in [7, 11) is 2.88. The van der Waals surface area contributed by atoms with Gasteiger partial charge in [0, 0.05) is 0 Å². The van der Waals surface area contributed by atoms with Crippen molar-refractivity contribution in [2.24, 2.45) is 0 Å². The van der Waals surface area contributed by atoms with Crippen LogP contribution in [0.5, 0.6) is 5.75 Å². The van der Waals surface area contributed by atoms with Crippen LogP contribution < -0.4 is 10.1 Å². The first kappa shape index (κ1) is 17.8. The van der Waals surface area contributed by atoms with Gasteiger partial charge >= 0.3 is 12.1 Å². The molecule has 6 nitrogen and oxygen atoms in total. The van der Waals surface area contributed by atoms with Crippen LogP contribution in [0.3, 0.4) is 0 Å². The average molecular weight is 309 g/mol. The number of nitrogens with one attached hydrogen (secondary N) is 1. The number of alkyl carbamates (subject to hydrolysis) is 1. The maximum Gasteiger partial charge on any atom is 0.408 e. The van der Waals surface area contributed by atoms with Crippen LogP contribution in [0.15, 0.2) is 24.3 Å². The quantitative estimate of drug-likeness (QED) is 0.847. The van der Waals surface area contributed by atoms with Crippen LogP contribution in [0.4, 0.5) is 4.79 Å². The second-order valence-electron chi connectivity index (χ2n) is 5.75. The summed E-state index contributed by atoms with van der Waals surface area (Å²) in [6, 6.07) is 6.55. The second-order valence-corrected chi connectivity index (χ2v) is 5.75. The molecule has 0 aliphatic heterocycles. The number of benzene rings is 1. The lowest BCUT2D eigenvalue weighted by Crippen LogP contribution is -2.35. The first-order valence-electron chi connectivity index (χ1n) is 6.95. The maximum atomic E-state index is 11.9. The molecule has 0 saturated carbocycles. The Balaban J connectivity index is 2.87. The van der Waals surface area contributed by atoms with E-state index in [9.17, 15) is 9.59 Å². The summed E-state index contributed by atoms with van der Waals surface area (Å²) in [5, 5.41) is 2.69. The third-order valence-corrected chi connectivity index (χ3v) is 2.81. The summed E-state index contributed by atoms with van der Waals surface area (Å²) in [5.41, 5.74) is 0.150. The number of ether oxygens (including phenoxy) is 3. The van der Waals surface area contributed by atoms with Crippen LogP contribution >= 0.6 is 0 Å². The Morgan fingerprint density at radius 1 is 1.14 bits per heavy atom. The molecular formula is C16H23NO5. The predicted octanol–water partition coefficient (Wildman–Crippen LogP) is 2.82. The molecule has 22 heavy (non-hydrogen) atoms. The molecule has 6 heteroatoms. The molecule has 0 unspecified atom stereocenters. The highest BCUT2D eigenvalue weighted by atomic mass is 16.6. The van der Waals surface area contributed by atoms with Crippen molar-refractivity contribution < 1.29 is 23.8 Å². The largest absolute Gasteiger partial charge is 0.497 e. The summed E-state index contributed by atoms with van der Waals surface area (Å²) < 4.78 is 15.0. The Kier molecular flexibility index (Phi) is 6.22. The summed E-state index contributed by atoms with van der Waals surface area (Å²) in [6.07, 6.45) is -0.570. The van der Waals surface area contributed by atoms with Crippen molar-refractivity contribution in [2.45, 2.75) is 38.8 Å². The van der Waals surface area contributed by atoms with Crippen molar-refractivity contribution in [1.29, 1.82) is 0 Å². The smallest absolute Gasteiger partial charge is 0.408 e. The number of amides is 1. The van der Waals surface area contributed by atoms with Gasteiger partial charge in [0.2, 0.25) is 0 Å². The number of carbonyl (C=O) groups is 2. The van der Waals surface area contributed by atoms with Crippen LogP contribution in [0.1, 0.15) is 38.8 Å². The van der Waals surface area contributed by atoms with Gasteiger partial charge in [-0.1, -0.05) is 12.1 Å².